The first kappa shape index (κ1) is 16.2. The third-order valence-electron chi connectivity index (χ3n) is 4.23. The summed E-state index contributed by atoms with van der Waals surface area (Å²) in [4.78, 5) is 26.6. The molecule has 2 heterocycles. The Morgan fingerprint density at radius 2 is 2.12 bits per heavy atom. The summed E-state index contributed by atoms with van der Waals surface area (Å²) in [5, 5.41) is 6.49. The molecule has 1 aliphatic rings. The van der Waals surface area contributed by atoms with Crippen LogP contribution in [0.4, 0.5) is 5.82 Å². The predicted molar refractivity (Wildman–Crippen MR) is 89.4 cm³/mol. The van der Waals surface area contributed by atoms with E-state index in [1.165, 1.54) is 0 Å². The quantitative estimate of drug-likeness (QED) is 0.916. The van der Waals surface area contributed by atoms with Crippen molar-refractivity contribution in [3.8, 4) is 0 Å². The van der Waals surface area contributed by atoms with Crippen LogP contribution in [0, 0.1) is 6.92 Å². The topological polar surface area (TPSA) is 75.4 Å². The standard InChI is InChI=1S/C18H21N3O3/c1-13-12-16(20-24-13)19-18(23)15-8-5-11-21(15)17(22)10-9-14-6-3-2-4-7-14/h2-4,6-7,12,15H,5,8-11H2,1H3,(H,19,20,23)/t15-/m0/s1. The second kappa shape index (κ2) is 7.29. The SMILES string of the molecule is Cc1cc(NC(=O)[C@@H]2CCCN2C(=O)CCc2ccccc2)no1. The molecule has 1 fully saturated rings. The summed E-state index contributed by atoms with van der Waals surface area (Å²) >= 11 is 0. The molecule has 3 rings (SSSR count). The first-order valence-corrected chi connectivity index (χ1v) is 8.21. The molecule has 2 aromatic rings. The van der Waals surface area contributed by atoms with Crippen LogP contribution in [0.1, 0.15) is 30.6 Å². The number of aryl methyl sites for hydroxylation is 2. The van der Waals surface area contributed by atoms with E-state index in [1.807, 2.05) is 30.3 Å². The van der Waals surface area contributed by atoms with E-state index in [0.29, 0.717) is 37.4 Å². The number of anilines is 1. The average molecular weight is 327 g/mol. The van der Waals surface area contributed by atoms with Gasteiger partial charge in [-0.05, 0) is 31.7 Å². The third kappa shape index (κ3) is 3.82. The summed E-state index contributed by atoms with van der Waals surface area (Å²) in [5.74, 6) is 0.843. The summed E-state index contributed by atoms with van der Waals surface area (Å²) in [6, 6.07) is 11.1. The van der Waals surface area contributed by atoms with Gasteiger partial charge in [0.05, 0.1) is 0 Å². The monoisotopic (exact) mass is 327 g/mol. The van der Waals surface area contributed by atoms with E-state index < -0.39 is 6.04 Å². The molecule has 0 saturated carbocycles. The number of hydrogen-bond donors (Lipinski definition) is 1. The second-order valence-corrected chi connectivity index (χ2v) is 6.04. The lowest BCUT2D eigenvalue weighted by molar-refractivity contribution is -0.136. The number of rotatable bonds is 5. The molecule has 0 spiro atoms. The van der Waals surface area contributed by atoms with E-state index in [9.17, 15) is 9.59 Å². The van der Waals surface area contributed by atoms with Gasteiger partial charge in [0.1, 0.15) is 11.8 Å². The largest absolute Gasteiger partial charge is 0.360 e. The van der Waals surface area contributed by atoms with Crippen LogP contribution >= 0.6 is 0 Å². The van der Waals surface area contributed by atoms with Gasteiger partial charge < -0.3 is 14.7 Å². The number of carbonyl (C=O) groups is 2. The van der Waals surface area contributed by atoms with Crippen LogP contribution in [-0.4, -0.2) is 34.5 Å². The highest BCUT2D eigenvalue weighted by atomic mass is 16.5. The molecule has 24 heavy (non-hydrogen) atoms. The zero-order valence-corrected chi connectivity index (χ0v) is 13.7. The molecule has 1 aromatic heterocycles. The van der Waals surface area contributed by atoms with Gasteiger partial charge in [-0.15, -0.1) is 0 Å². The normalized spacial score (nSPS) is 17.0. The van der Waals surface area contributed by atoms with Crippen LogP contribution in [-0.2, 0) is 16.0 Å². The number of aromatic nitrogens is 1. The van der Waals surface area contributed by atoms with E-state index in [-0.39, 0.29) is 11.8 Å². The lowest BCUT2D eigenvalue weighted by atomic mass is 10.1. The molecule has 0 aliphatic carbocycles. The zero-order chi connectivity index (χ0) is 16.9. The molecule has 0 radical (unpaired) electrons. The Bertz CT molecular complexity index is 711. The minimum Gasteiger partial charge on any atom is -0.360 e. The zero-order valence-electron chi connectivity index (χ0n) is 13.7. The maximum absolute atomic E-state index is 12.5. The van der Waals surface area contributed by atoms with Crippen molar-refractivity contribution < 1.29 is 14.1 Å². The smallest absolute Gasteiger partial charge is 0.248 e. The maximum atomic E-state index is 12.5. The van der Waals surface area contributed by atoms with Crippen molar-refractivity contribution in [1.82, 2.24) is 10.1 Å². The summed E-state index contributed by atoms with van der Waals surface area (Å²) in [6.07, 6.45) is 2.62. The van der Waals surface area contributed by atoms with E-state index in [4.69, 9.17) is 4.52 Å². The Morgan fingerprint density at radius 3 is 2.83 bits per heavy atom. The fourth-order valence-corrected chi connectivity index (χ4v) is 3.01. The summed E-state index contributed by atoms with van der Waals surface area (Å²) < 4.78 is 4.94. The van der Waals surface area contributed by atoms with Crippen LogP contribution < -0.4 is 5.32 Å². The number of hydrogen-bond acceptors (Lipinski definition) is 4. The van der Waals surface area contributed by atoms with E-state index in [1.54, 1.807) is 17.9 Å². The summed E-state index contributed by atoms with van der Waals surface area (Å²) in [6.45, 7) is 2.39. The van der Waals surface area contributed by atoms with Gasteiger partial charge >= 0.3 is 0 Å². The van der Waals surface area contributed by atoms with Crippen LogP contribution in [0.2, 0.25) is 0 Å². The van der Waals surface area contributed by atoms with Crippen LogP contribution in [0.25, 0.3) is 0 Å². The Hall–Kier alpha value is -2.63. The highest BCUT2D eigenvalue weighted by molar-refractivity contribution is 5.96. The second-order valence-electron chi connectivity index (χ2n) is 6.04. The van der Waals surface area contributed by atoms with Crippen molar-refractivity contribution in [2.24, 2.45) is 0 Å². The van der Waals surface area contributed by atoms with Crippen molar-refractivity contribution in [3.63, 3.8) is 0 Å². The van der Waals surface area contributed by atoms with Crippen molar-refractivity contribution >= 4 is 17.6 Å². The molecule has 0 unspecified atom stereocenters. The molecule has 1 aromatic carbocycles. The highest BCUT2D eigenvalue weighted by Gasteiger charge is 2.34. The number of nitrogens with zero attached hydrogens (tertiary/aromatic N) is 2. The molecule has 6 nitrogen and oxygen atoms in total. The Balaban J connectivity index is 1.57. The van der Waals surface area contributed by atoms with Gasteiger partial charge in [-0.2, -0.15) is 0 Å². The van der Waals surface area contributed by atoms with Crippen molar-refractivity contribution in [1.29, 1.82) is 0 Å². The molecule has 1 N–H and O–H groups in total. The average Bonchev–Trinajstić information content (AvgIpc) is 3.22. The lowest BCUT2D eigenvalue weighted by Gasteiger charge is -2.23. The van der Waals surface area contributed by atoms with Gasteiger partial charge in [-0.25, -0.2) is 0 Å². The Morgan fingerprint density at radius 1 is 1.33 bits per heavy atom. The number of likely N-dealkylation sites (tertiary alicyclic amines) is 1. The minimum absolute atomic E-state index is 0.0211. The van der Waals surface area contributed by atoms with Crippen LogP contribution in [0.15, 0.2) is 40.9 Å². The van der Waals surface area contributed by atoms with Gasteiger partial charge in [0.15, 0.2) is 5.82 Å². The lowest BCUT2D eigenvalue weighted by Crippen LogP contribution is -2.43. The van der Waals surface area contributed by atoms with Crippen LogP contribution in [0.3, 0.4) is 0 Å². The molecule has 2 amide bonds. The molecule has 0 bridgehead atoms. The summed E-state index contributed by atoms with van der Waals surface area (Å²) in [7, 11) is 0. The molecule has 126 valence electrons. The van der Waals surface area contributed by atoms with Crippen molar-refractivity contribution in [2.45, 2.75) is 38.6 Å². The molecule has 1 aliphatic heterocycles. The Labute approximate surface area is 140 Å². The van der Waals surface area contributed by atoms with Gasteiger partial charge in [0.25, 0.3) is 0 Å². The van der Waals surface area contributed by atoms with Gasteiger partial charge in [0.2, 0.25) is 11.8 Å². The minimum atomic E-state index is -0.426. The van der Waals surface area contributed by atoms with Gasteiger partial charge in [0, 0.05) is 19.0 Å². The Kier molecular flexibility index (Phi) is 4.93. The fraction of sp³-hybridized carbons (Fsp3) is 0.389. The van der Waals surface area contributed by atoms with Gasteiger partial charge in [-0.3, -0.25) is 9.59 Å². The first-order chi connectivity index (χ1) is 11.6. The summed E-state index contributed by atoms with van der Waals surface area (Å²) in [5.41, 5.74) is 1.13. The molecule has 6 heteroatoms. The van der Waals surface area contributed by atoms with Crippen LogP contribution in [0.5, 0.6) is 0 Å². The fourth-order valence-electron chi connectivity index (χ4n) is 3.01. The molecular weight excluding hydrogens is 306 g/mol. The van der Waals surface area contributed by atoms with Crippen molar-refractivity contribution in [2.75, 3.05) is 11.9 Å². The van der Waals surface area contributed by atoms with Gasteiger partial charge in [-0.1, -0.05) is 35.5 Å². The number of benzene rings is 1. The maximum Gasteiger partial charge on any atom is 0.248 e. The first-order valence-electron chi connectivity index (χ1n) is 8.21. The number of carbonyl (C=O) groups excluding carboxylic acids is 2. The highest BCUT2D eigenvalue weighted by Crippen LogP contribution is 2.21. The van der Waals surface area contributed by atoms with E-state index in [2.05, 4.69) is 10.5 Å². The number of nitrogens with one attached hydrogen (secondary N) is 1. The van der Waals surface area contributed by atoms with E-state index in [0.717, 1.165) is 12.0 Å². The molecular formula is C18H21N3O3. The molecule has 1 saturated heterocycles. The predicted octanol–water partition coefficient (Wildman–Crippen LogP) is 2.55. The third-order valence-corrected chi connectivity index (χ3v) is 4.23. The number of amides is 2. The van der Waals surface area contributed by atoms with Crippen molar-refractivity contribution in [3.05, 3.63) is 47.7 Å². The molecule has 1 atom stereocenters. The van der Waals surface area contributed by atoms with E-state index >= 15 is 0 Å².